The average Bonchev–Trinajstić information content (AvgIpc) is 3.18. The van der Waals surface area contributed by atoms with E-state index in [9.17, 15) is 4.79 Å². The Morgan fingerprint density at radius 2 is 1.64 bits per heavy atom. The SMILES string of the molecule is CC[C@@H](C)NC(=O)c1cc2nc(-c3ccccc3)cc(-c3ccccc3)n2n1. The Morgan fingerprint density at radius 3 is 2.29 bits per heavy atom. The fourth-order valence-electron chi connectivity index (χ4n) is 3.06. The number of nitrogens with zero attached hydrogens (tertiary/aromatic N) is 3. The zero-order valence-corrected chi connectivity index (χ0v) is 16.0. The van der Waals surface area contributed by atoms with Gasteiger partial charge in [-0.3, -0.25) is 4.79 Å². The molecule has 0 saturated heterocycles. The summed E-state index contributed by atoms with van der Waals surface area (Å²) in [6.45, 7) is 4.02. The van der Waals surface area contributed by atoms with Crippen molar-refractivity contribution in [2.75, 3.05) is 0 Å². The highest BCUT2D eigenvalue weighted by Crippen LogP contribution is 2.26. The van der Waals surface area contributed by atoms with Crippen LogP contribution in [0, 0.1) is 0 Å². The lowest BCUT2D eigenvalue weighted by Gasteiger charge is -2.09. The molecule has 0 aliphatic rings. The van der Waals surface area contributed by atoms with Gasteiger partial charge in [0.15, 0.2) is 11.3 Å². The van der Waals surface area contributed by atoms with E-state index in [1.807, 2.05) is 80.6 Å². The molecule has 1 amide bonds. The van der Waals surface area contributed by atoms with Crippen LogP contribution < -0.4 is 5.32 Å². The molecule has 0 aliphatic carbocycles. The molecule has 0 radical (unpaired) electrons. The number of benzene rings is 2. The van der Waals surface area contributed by atoms with Crippen molar-refractivity contribution < 1.29 is 4.79 Å². The van der Waals surface area contributed by atoms with Crippen LogP contribution in [-0.4, -0.2) is 26.5 Å². The second-order valence-corrected chi connectivity index (χ2v) is 6.84. The monoisotopic (exact) mass is 370 g/mol. The molecule has 2 aromatic heterocycles. The van der Waals surface area contributed by atoms with Crippen molar-refractivity contribution in [2.45, 2.75) is 26.3 Å². The van der Waals surface area contributed by atoms with E-state index in [2.05, 4.69) is 10.4 Å². The minimum absolute atomic E-state index is 0.0961. The lowest BCUT2D eigenvalue weighted by atomic mass is 10.1. The second kappa shape index (κ2) is 7.64. The fraction of sp³-hybridized carbons (Fsp3) is 0.174. The third-order valence-electron chi connectivity index (χ3n) is 4.79. The number of hydrogen-bond donors (Lipinski definition) is 1. The molecule has 0 bridgehead atoms. The Labute approximate surface area is 164 Å². The first-order valence-electron chi connectivity index (χ1n) is 9.48. The summed E-state index contributed by atoms with van der Waals surface area (Å²) in [6.07, 6.45) is 0.866. The average molecular weight is 370 g/mol. The summed E-state index contributed by atoms with van der Waals surface area (Å²) in [4.78, 5) is 17.3. The standard InChI is InChI=1S/C23H22N4O/c1-3-16(2)24-23(28)20-15-22-25-19(17-10-6-4-7-11-17)14-21(27(22)26-20)18-12-8-5-9-13-18/h4-16H,3H2,1-2H3,(H,24,28)/t16-/m1/s1. The number of amides is 1. The lowest BCUT2D eigenvalue weighted by molar-refractivity contribution is 0.0934. The summed E-state index contributed by atoms with van der Waals surface area (Å²) in [7, 11) is 0. The fourth-order valence-corrected chi connectivity index (χ4v) is 3.06. The summed E-state index contributed by atoms with van der Waals surface area (Å²) in [5.41, 5.74) is 4.80. The highest BCUT2D eigenvalue weighted by atomic mass is 16.2. The first-order chi connectivity index (χ1) is 13.7. The highest BCUT2D eigenvalue weighted by Gasteiger charge is 2.17. The summed E-state index contributed by atoms with van der Waals surface area (Å²) in [5, 5.41) is 7.52. The first-order valence-corrected chi connectivity index (χ1v) is 9.48. The van der Waals surface area contributed by atoms with Gasteiger partial charge in [0.05, 0.1) is 11.4 Å². The van der Waals surface area contributed by atoms with Crippen molar-refractivity contribution in [3.8, 4) is 22.5 Å². The van der Waals surface area contributed by atoms with Crippen LogP contribution in [0.4, 0.5) is 0 Å². The highest BCUT2D eigenvalue weighted by molar-refractivity contribution is 5.93. The molecular weight excluding hydrogens is 348 g/mol. The molecule has 28 heavy (non-hydrogen) atoms. The number of carbonyl (C=O) groups is 1. The van der Waals surface area contributed by atoms with E-state index in [0.717, 1.165) is 28.9 Å². The van der Waals surface area contributed by atoms with E-state index < -0.39 is 0 Å². The summed E-state index contributed by atoms with van der Waals surface area (Å²) in [6, 6.07) is 23.9. The summed E-state index contributed by atoms with van der Waals surface area (Å²) in [5.74, 6) is -0.180. The smallest absolute Gasteiger partial charge is 0.272 e. The molecule has 4 rings (SSSR count). The number of aromatic nitrogens is 3. The molecule has 4 aromatic rings. The Bertz CT molecular complexity index is 1100. The van der Waals surface area contributed by atoms with Crippen LogP contribution in [0.15, 0.2) is 72.8 Å². The minimum Gasteiger partial charge on any atom is -0.348 e. The number of nitrogens with one attached hydrogen (secondary N) is 1. The molecule has 5 nitrogen and oxygen atoms in total. The van der Waals surface area contributed by atoms with Gasteiger partial charge in [-0.05, 0) is 19.4 Å². The first kappa shape index (κ1) is 17.9. The van der Waals surface area contributed by atoms with Crippen LogP contribution in [0.2, 0.25) is 0 Å². The minimum atomic E-state index is -0.180. The van der Waals surface area contributed by atoms with E-state index in [-0.39, 0.29) is 11.9 Å². The van der Waals surface area contributed by atoms with Gasteiger partial charge in [0.1, 0.15) is 0 Å². The molecule has 0 unspecified atom stereocenters. The molecule has 1 atom stereocenters. The van der Waals surface area contributed by atoms with E-state index in [1.54, 1.807) is 10.6 Å². The molecule has 2 heterocycles. The van der Waals surface area contributed by atoms with Gasteiger partial charge in [0.25, 0.3) is 5.91 Å². The molecular formula is C23H22N4O. The van der Waals surface area contributed by atoms with Crippen molar-refractivity contribution in [1.29, 1.82) is 0 Å². The zero-order valence-electron chi connectivity index (χ0n) is 16.0. The van der Waals surface area contributed by atoms with Crippen molar-refractivity contribution >= 4 is 11.6 Å². The third kappa shape index (κ3) is 3.51. The van der Waals surface area contributed by atoms with Crippen molar-refractivity contribution in [3.05, 3.63) is 78.5 Å². The van der Waals surface area contributed by atoms with Crippen LogP contribution in [0.3, 0.4) is 0 Å². The summed E-state index contributed by atoms with van der Waals surface area (Å²) < 4.78 is 1.74. The van der Waals surface area contributed by atoms with Gasteiger partial charge < -0.3 is 5.32 Å². The van der Waals surface area contributed by atoms with Gasteiger partial charge in [-0.2, -0.15) is 5.10 Å². The van der Waals surface area contributed by atoms with Crippen LogP contribution in [0.5, 0.6) is 0 Å². The van der Waals surface area contributed by atoms with Gasteiger partial charge in [-0.25, -0.2) is 9.50 Å². The van der Waals surface area contributed by atoms with Gasteiger partial charge in [-0.15, -0.1) is 0 Å². The molecule has 1 N–H and O–H groups in total. The molecule has 2 aromatic carbocycles. The van der Waals surface area contributed by atoms with Crippen LogP contribution in [0.1, 0.15) is 30.8 Å². The van der Waals surface area contributed by atoms with Gasteiger partial charge >= 0.3 is 0 Å². The maximum atomic E-state index is 12.6. The summed E-state index contributed by atoms with van der Waals surface area (Å²) >= 11 is 0. The number of rotatable bonds is 5. The van der Waals surface area contributed by atoms with Gasteiger partial charge in [0, 0.05) is 23.2 Å². The van der Waals surface area contributed by atoms with Crippen molar-refractivity contribution in [2.24, 2.45) is 0 Å². The maximum Gasteiger partial charge on any atom is 0.272 e. The molecule has 0 fully saturated rings. The Morgan fingerprint density at radius 1 is 1.00 bits per heavy atom. The van der Waals surface area contributed by atoms with Crippen molar-refractivity contribution in [3.63, 3.8) is 0 Å². The lowest BCUT2D eigenvalue weighted by Crippen LogP contribution is -2.32. The van der Waals surface area contributed by atoms with Crippen LogP contribution in [0.25, 0.3) is 28.2 Å². The molecule has 5 heteroatoms. The second-order valence-electron chi connectivity index (χ2n) is 6.84. The Hall–Kier alpha value is -3.47. The molecule has 0 spiro atoms. The van der Waals surface area contributed by atoms with Gasteiger partial charge in [0.2, 0.25) is 0 Å². The van der Waals surface area contributed by atoms with E-state index in [4.69, 9.17) is 4.98 Å². The number of fused-ring (bicyclic) bond motifs is 1. The predicted octanol–water partition coefficient (Wildman–Crippen LogP) is 4.59. The molecule has 140 valence electrons. The van der Waals surface area contributed by atoms with Crippen LogP contribution in [-0.2, 0) is 0 Å². The number of carbonyl (C=O) groups excluding carboxylic acids is 1. The zero-order chi connectivity index (χ0) is 19.5. The quantitative estimate of drug-likeness (QED) is 0.559. The van der Waals surface area contributed by atoms with E-state index in [1.165, 1.54) is 0 Å². The molecule has 0 aliphatic heterocycles. The van der Waals surface area contributed by atoms with Gasteiger partial charge in [-0.1, -0.05) is 67.6 Å². The third-order valence-corrected chi connectivity index (χ3v) is 4.79. The topological polar surface area (TPSA) is 59.3 Å². The van der Waals surface area contributed by atoms with E-state index >= 15 is 0 Å². The normalized spacial score (nSPS) is 12.1. The maximum absolute atomic E-state index is 12.6. The van der Waals surface area contributed by atoms with E-state index in [0.29, 0.717) is 11.3 Å². The predicted molar refractivity (Wildman–Crippen MR) is 111 cm³/mol. The Balaban J connectivity index is 1.87. The van der Waals surface area contributed by atoms with Crippen molar-refractivity contribution in [1.82, 2.24) is 19.9 Å². The largest absolute Gasteiger partial charge is 0.348 e. The number of hydrogen-bond acceptors (Lipinski definition) is 3. The Kier molecular flexibility index (Phi) is 4.89. The van der Waals surface area contributed by atoms with Crippen LogP contribution >= 0.6 is 0 Å². The molecule has 0 saturated carbocycles.